The highest BCUT2D eigenvalue weighted by molar-refractivity contribution is 9.10. The number of benzene rings is 3. The number of nitrogens with one attached hydrogen (secondary N) is 1. The predicted octanol–water partition coefficient (Wildman–Crippen LogP) is 4.73. The first-order valence-electron chi connectivity index (χ1n) is 10.4. The summed E-state index contributed by atoms with van der Waals surface area (Å²) < 4.78 is 11.8. The molecular formula is C25H25BrN4O3S. The van der Waals surface area contributed by atoms with E-state index >= 15 is 0 Å². The molecule has 0 unspecified atom stereocenters. The van der Waals surface area contributed by atoms with Gasteiger partial charge in [-0.25, -0.2) is 0 Å². The maximum absolute atomic E-state index is 12.2. The first-order valence-corrected chi connectivity index (χ1v) is 12.2. The normalized spacial score (nSPS) is 11.4. The van der Waals surface area contributed by atoms with Crippen molar-refractivity contribution in [3.63, 3.8) is 0 Å². The molecule has 7 nitrogen and oxygen atoms in total. The number of thioether (sulfide) groups is 1. The number of carbonyl (C=O) groups is 1. The topological polar surface area (TPSA) is 98.3 Å². The van der Waals surface area contributed by atoms with Gasteiger partial charge in [0.15, 0.2) is 23.3 Å². The molecule has 0 heterocycles. The average molecular weight is 541 g/mol. The quantitative estimate of drug-likeness (QED) is 0.220. The lowest BCUT2D eigenvalue weighted by atomic mass is 10.2. The van der Waals surface area contributed by atoms with Crippen LogP contribution in [-0.4, -0.2) is 31.0 Å². The van der Waals surface area contributed by atoms with Crippen LogP contribution in [-0.2, 0) is 17.1 Å². The maximum Gasteiger partial charge on any atom is 0.258 e. The molecule has 3 aromatic rings. The Kier molecular flexibility index (Phi) is 9.99. The van der Waals surface area contributed by atoms with Crippen molar-refractivity contribution in [2.24, 2.45) is 15.9 Å². The van der Waals surface area contributed by atoms with Crippen LogP contribution in [0.4, 0.5) is 0 Å². The number of rotatable bonds is 10. The van der Waals surface area contributed by atoms with Gasteiger partial charge in [0, 0.05) is 12.3 Å². The molecule has 9 heteroatoms. The molecule has 3 aromatic carbocycles. The largest absolute Gasteiger partial charge is 0.493 e. The van der Waals surface area contributed by atoms with E-state index in [1.807, 2.05) is 60.7 Å². The van der Waals surface area contributed by atoms with Gasteiger partial charge in [0.1, 0.15) is 0 Å². The second-order valence-electron chi connectivity index (χ2n) is 7.04. The fourth-order valence-electron chi connectivity index (χ4n) is 2.85. The van der Waals surface area contributed by atoms with Crippen LogP contribution >= 0.6 is 27.7 Å². The second kappa shape index (κ2) is 13.4. The van der Waals surface area contributed by atoms with Crippen LogP contribution < -0.4 is 20.5 Å². The summed E-state index contributed by atoms with van der Waals surface area (Å²) in [5.74, 6) is 1.37. The Labute approximate surface area is 211 Å². The summed E-state index contributed by atoms with van der Waals surface area (Å²) in [6.07, 6.45) is 1.57. The standard InChI is InChI=1S/C25H25BrN4O3S/c1-32-22-13-20(15-29-30-25(27)34-17-19-10-6-3-7-11-19)12-21(26)24(22)33-16-23(31)28-14-18-8-4-2-5-9-18/h2-13,15H,14,16-17H2,1H3,(H2,27,30)(H,28,31). The van der Waals surface area contributed by atoms with E-state index in [2.05, 4.69) is 31.4 Å². The van der Waals surface area contributed by atoms with Crippen LogP contribution in [0.5, 0.6) is 11.5 Å². The molecule has 0 saturated carbocycles. The van der Waals surface area contributed by atoms with Gasteiger partial charge in [-0.3, -0.25) is 4.79 Å². The van der Waals surface area contributed by atoms with E-state index < -0.39 is 0 Å². The van der Waals surface area contributed by atoms with Gasteiger partial charge in [-0.05, 0) is 44.8 Å². The Balaban J connectivity index is 1.55. The third-order valence-corrected chi connectivity index (χ3v) is 5.97. The van der Waals surface area contributed by atoms with E-state index in [0.717, 1.165) is 22.4 Å². The van der Waals surface area contributed by atoms with Gasteiger partial charge in [-0.15, -0.1) is 5.10 Å². The van der Waals surface area contributed by atoms with Gasteiger partial charge in [-0.1, -0.05) is 72.4 Å². The van der Waals surface area contributed by atoms with Crippen LogP contribution in [0.25, 0.3) is 0 Å². The van der Waals surface area contributed by atoms with E-state index in [-0.39, 0.29) is 12.5 Å². The first kappa shape index (κ1) is 25.3. The monoisotopic (exact) mass is 540 g/mol. The predicted molar refractivity (Wildman–Crippen MR) is 141 cm³/mol. The molecule has 0 aliphatic heterocycles. The van der Waals surface area contributed by atoms with Gasteiger partial charge < -0.3 is 20.5 Å². The Morgan fingerprint density at radius 2 is 1.76 bits per heavy atom. The first-order chi connectivity index (χ1) is 16.5. The number of amides is 1. The highest BCUT2D eigenvalue weighted by Gasteiger charge is 2.13. The van der Waals surface area contributed by atoms with E-state index in [4.69, 9.17) is 15.2 Å². The van der Waals surface area contributed by atoms with Crippen molar-refractivity contribution < 1.29 is 14.3 Å². The molecule has 0 atom stereocenters. The summed E-state index contributed by atoms with van der Waals surface area (Å²) in [6.45, 7) is 0.290. The van der Waals surface area contributed by atoms with Gasteiger partial charge in [0.05, 0.1) is 17.8 Å². The lowest BCUT2D eigenvalue weighted by Gasteiger charge is -2.13. The zero-order valence-corrected chi connectivity index (χ0v) is 21.0. The Morgan fingerprint density at radius 3 is 2.44 bits per heavy atom. The molecule has 34 heavy (non-hydrogen) atoms. The van der Waals surface area contributed by atoms with Gasteiger partial charge >= 0.3 is 0 Å². The number of carbonyl (C=O) groups excluding carboxylic acids is 1. The fraction of sp³-hybridized carbons (Fsp3) is 0.160. The van der Waals surface area contributed by atoms with Crippen molar-refractivity contribution >= 4 is 45.0 Å². The SMILES string of the molecule is COc1cc(C=NN=C(N)SCc2ccccc2)cc(Br)c1OCC(=O)NCc1ccccc1. The Bertz CT molecular complexity index is 1140. The summed E-state index contributed by atoms with van der Waals surface area (Å²) in [6, 6.07) is 23.2. The molecule has 0 aliphatic rings. The van der Waals surface area contributed by atoms with Crippen molar-refractivity contribution in [1.29, 1.82) is 0 Å². The molecule has 0 radical (unpaired) electrons. The summed E-state index contributed by atoms with van der Waals surface area (Å²) in [5, 5.41) is 11.3. The molecule has 0 aromatic heterocycles. The second-order valence-corrected chi connectivity index (χ2v) is 8.89. The summed E-state index contributed by atoms with van der Waals surface area (Å²) in [4.78, 5) is 12.2. The van der Waals surface area contributed by atoms with Crippen LogP contribution in [0.1, 0.15) is 16.7 Å². The number of amidine groups is 1. The summed E-state index contributed by atoms with van der Waals surface area (Å²) >= 11 is 4.89. The van der Waals surface area contributed by atoms with Crippen molar-refractivity contribution in [3.8, 4) is 11.5 Å². The fourth-order valence-corrected chi connectivity index (χ4v) is 4.04. The molecule has 0 bridgehead atoms. The van der Waals surface area contributed by atoms with E-state index in [1.165, 1.54) is 18.9 Å². The number of hydrogen-bond donors (Lipinski definition) is 2. The third kappa shape index (κ3) is 8.24. The van der Waals surface area contributed by atoms with Gasteiger partial charge in [0.2, 0.25) is 0 Å². The number of ether oxygens (including phenoxy) is 2. The Morgan fingerprint density at radius 1 is 1.09 bits per heavy atom. The van der Waals surface area contributed by atoms with Crippen LogP contribution in [0, 0.1) is 0 Å². The minimum absolute atomic E-state index is 0.144. The van der Waals surface area contributed by atoms with Crippen LogP contribution in [0.3, 0.4) is 0 Å². The zero-order valence-electron chi connectivity index (χ0n) is 18.6. The minimum Gasteiger partial charge on any atom is -0.493 e. The van der Waals surface area contributed by atoms with E-state index in [9.17, 15) is 4.79 Å². The summed E-state index contributed by atoms with van der Waals surface area (Å²) in [5.41, 5.74) is 8.84. The number of nitrogens with zero attached hydrogens (tertiary/aromatic N) is 2. The van der Waals surface area contributed by atoms with Crippen LogP contribution in [0.2, 0.25) is 0 Å². The highest BCUT2D eigenvalue weighted by Crippen LogP contribution is 2.36. The van der Waals surface area contributed by atoms with Crippen LogP contribution in [0.15, 0.2) is 87.5 Å². The number of halogens is 1. The molecule has 1 amide bonds. The average Bonchev–Trinajstić information content (AvgIpc) is 2.86. The minimum atomic E-state index is -0.235. The smallest absolute Gasteiger partial charge is 0.258 e. The summed E-state index contributed by atoms with van der Waals surface area (Å²) in [7, 11) is 1.53. The molecule has 0 spiro atoms. The number of methoxy groups -OCH3 is 1. The third-order valence-electron chi connectivity index (χ3n) is 4.52. The molecule has 3 rings (SSSR count). The van der Waals surface area contributed by atoms with Crippen molar-refractivity contribution in [1.82, 2.24) is 5.32 Å². The van der Waals surface area contributed by atoms with E-state index in [1.54, 1.807) is 18.3 Å². The van der Waals surface area contributed by atoms with Crippen molar-refractivity contribution in [2.45, 2.75) is 12.3 Å². The van der Waals surface area contributed by atoms with Crippen molar-refractivity contribution in [3.05, 3.63) is 94.0 Å². The van der Waals surface area contributed by atoms with Gasteiger partial charge in [0.25, 0.3) is 5.91 Å². The molecule has 0 saturated heterocycles. The lowest BCUT2D eigenvalue weighted by molar-refractivity contribution is -0.123. The number of hydrogen-bond acceptors (Lipinski definition) is 6. The molecular weight excluding hydrogens is 516 g/mol. The van der Waals surface area contributed by atoms with Crippen molar-refractivity contribution in [2.75, 3.05) is 13.7 Å². The highest BCUT2D eigenvalue weighted by atomic mass is 79.9. The molecule has 0 aliphatic carbocycles. The Hall–Kier alpha value is -3.30. The van der Waals surface area contributed by atoms with Gasteiger partial charge in [-0.2, -0.15) is 5.10 Å². The zero-order chi connectivity index (χ0) is 24.2. The maximum atomic E-state index is 12.2. The number of nitrogens with two attached hydrogens (primary N) is 1. The molecule has 0 fully saturated rings. The lowest BCUT2D eigenvalue weighted by Crippen LogP contribution is -2.28. The molecule has 3 N–H and O–H groups in total. The van der Waals surface area contributed by atoms with E-state index in [0.29, 0.717) is 27.7 Å². The molecule has 176 valence electrons.